The summed E-state index contributed by atoms with van der Waals surface area (Å²) in [7, 11) is -2.88. The van der Waals surface area contributed by atoms with Crippen LogP contribution in [0.15, 0.2) is 115 Å². The van der Waals surface area contributed by atoms with Crippen LogP contribution in [0.25, 0.3) is 0 Å². The first-order valence-corrected chi connectivity index (χ1v) is 12.6. The Hall–Kier alpha value is -1.65. The van der Waals surface area contributed by atoms with Crippen LogP contribution in [0.5, 0.6) is 5.75 Å². The van der Waals surface area contributed by atoms with Gasteiger partial charge < -0.3 is 9.90 Å². The van der Waals surface area contributed by atoms with Crippen molar-refractivity contribution < 1.29 is 29.4 Å². The van der Waals surface area contributed by atoms with Gasteiger partial charge in [-0.25, -0.2) is 0 Å². The van der Waals surface area contributed by atoms with Crippen molar-refractivity contribution in [2.75, 3.05) is 0 Å². The molecule has 0 radical (unpaired) electrons. The second-order valence-electron chi connectivity index (χ2n) is 6.85. The fraction of sp³-hybridized carbons (Fsp3) is 0.0400. The average molecular weight is 553 g/mol. The van der Waals surface area contributed by atoms with Crippen LogP contribution in [0.1, 0.15) is 5.56 Å². The summed E-state index contributed by atoms with van der Waals surface area (Å²) in [4.78, 5) is 11.6. The maximum Gasteiger partial charge on any atom is 0.285 e. The van der Waals surface area contributed by atoms with E-state index in [-0.39, 0.29) is 25.2 Å². The summed E-state index contributed by atoms with van der Waals surface area (Å²) in [6.07, 6.45) is 0. The van der Waals surface area contributed by atoms with E-state index in [9.17, 15) is 4.80 Å². The van der Waals surface area contributed by atoms with Crippen LogP contribution < -0.4 is 15.6 Å². The van der Waals surface area contributed by atoms with Crippen LogP contribution in [-0.4, -0.2) is 18.2 Å². The fourth-order valence-corrected chi connectivity index (χ4v) is 6.59. The van der Waals surface area contributed by atoms with Gasteiger partial charge in [0.15, 0.2) is 0 Å². The molecule has 2 nitrogen and oxygen atoms in total. The molecule has 4 rings (SSSR count). The first-order chi connectivity index (χ1) is 14.8. The Morgan fingerprint density at radius 3 is 1.12 bits per heavy atom. The molecule has 0 amide bonds. The summed E-state index contributed by atoms with van der Waals surface area (Å²) >= 11 is 16.7. The third-order valence-electron chi connectivity index (χ3n) is 4.77. The molecule has 0 bridgehead atoms. The predicted molar refractivity (Wildman–Crippen MR) is 134 cm³/mol. The van der Waals surface area contributed by atoms with E-state index in [2.05, 4.69) is 0 Å². The molecule has 4 aromatic rings. The largest absolute Gasteiger partial charge is 0.508 e. The molecule has 0 spiro atoms. The number of rotatable bonds is 3. The van der Waals surface area contributed by atoms with Crippen molar-refractivity contribution >= 4 is 58.7 Å². The molecular formula is C25H21Cl3O2SiZn. The minimum Gasteiger partial charge on any atom is -0.508 e. The van der Waals surface area contributed by atoms with E-state index in [1.807, 2.05) is 91.0 Å². The number of hydrogen-bond acceptors (Lipinski definition) is 2. The Balaban J connectivity index is 0.000000259. The number of benzene rings is 4. The van der Waals surface area contributed by atoms with Gasteiger partial charge >= 0.3 is 0 Å². The molecule has 32 heavy (non-hydrogen) atoms. The number of phenols is 1. The van der Waals surface area contributed by atoms with Gasteiger partial charge in [-0.05, 0) is 27.7 Å². The van der Waals surface area contributed by atoms with E-state index in [4.69, 9.17) is 39.9 Å². The van der Waals surface area contributed by atoms with Crippen LogP contribution in [0.4, 0.5) is 0 Å². The summed E-state index contributed by atoms with van der Waals surface area (Å²) in [5.74, 6) is 0.156. The molecule has 0 aliphatic heterocycles. The van der Waals surface area contributed by atoms with E-state index in [1.54, 1.807) is 12.1 Å². The van der Waals surface area contributed by atoms with E-state index < -0.39 is 12.1 Å². The fourth-order valence-electron chi connectivity index (χ4n) is 3.19. The van der Waals surface area contributed by atoms with Gasteiger partial charge in [0.2, 0.25) is 3.79 Å². The minimum absolute atomic E-state index is 0. The van der Waals surface area contributed by atoms with Gasteiger partial charge in [0, 0.05) is 25.0 Å². The number of hydrogen-bond donors (Lipinski definition) is 2. The van der Waals surface area contributed by atoms with Gasteiger partial charge in [0.05, 0.1) is 0 Å². The van der Waals surface area contributed by atoms with Crippen molar-refractivity contribution in [3.05, 3.63) is 121 Å². The molecule has 0 heterocycles. The normalized spacial score (nSPS) is 11.0. The van der Waals surface area contributed by atoms with Crippen LogP contribution >= 0.6 is 34.8 Å². The maximum atomic E-state index is 11.6. The SMILES string of the molecule is O[Si](c1ccccc1)(c1ccccc1)c1ccccc1.Oc1ccc(C(Cl)(Cl)Cl)cc1.[Zn]. The van der Waals surface area contributed by atoms with Crippen molar-refractivity contribution in [2.24, 2.45) is 0 Å². The average Bonchev–Trinajstić information content (AvgIpc) is 2.80. The van der Waals surface area contributed by atoms with Crippen LogP contribution in [-0.2, 0) is 23.3 Å². The van der Waals surface area contributed by atoms with Crippen LogP contribution in [0.3, 0.4) is 0 Å². The third-order valence-corrected chi connectivity index (χ3v) is 8.93. The smallest absolute Gasteiger partial charge is 0.285 e. The Morgan fingerprint density at radius 2 is 0.844 bits per heavy atom. The molecule has 0 unspecified atom stereocenters. The van der Waals surface area contributed by atoms with E-state index in [0.29, 0.717) is 5.56 Å². The maximum absolute atomic E-state index is 11.6. The summed E-state index contributed by atoms with van der Waals surface area (Å²) < 4.78 is -1.41. The Kier molecular flexibility index (Phi) is 9.97. The Bertz CT molecular complexity index is 978. The van der Waals surface area contributed by atoms with Gasteiger partial charge in [-0.15, -0.1) is 0 Å². The molecule has 0 atom stereocenters. The second kappa shape index (κ2) is 12.0. The Morgan fingerprint density at radius 1 is 0.531 bits per heavy atom. The zero-order valence-corrected chi connectivity index (χ0v) is 23.4. The zero-order valence-electron chi connectivity index (χ0n) is 17.2. The molecule has 0 saturated heterocycles. The van der Waals surface area contributed by atoms with Crippen molar-refractivity contribution in [1.82, 2.24) is 0 Å². The summed E-state index contributed by atoms with van der Waals surface area (Å²) in [6, 6.07) is 36.0. The standard InChI is InChI=1S/C18H16OSi.C7H5Cl3O.Zn/c19-20(16-10-4-1-5-11-16,17-12-6-2-7-13-17)18-14-8-3-9-15-18;8-7(9,10)5-1-3-6(11)4-2-5;/h1-15,19H;1-4,11H;. The van der Waals surface area contributed by atoms with Crippen molar-refractivity contribution in [3.8, 4) is 5.75 Å². The van der Waals surface area contributed by atoms with Crippen LogP contribution in [0, 0.1) is 0 Å². The van der Waals surface area contributed by atoms with Gasteiger partial charge in [-0.2, -0.15) is 0 Å². The number of aromatic hydroxyl groups is 1. The molecule has 0 aromatic heterocycles. The van der Waals surface area contributed by atoms with E-state index in [0.717, 1.165) is 15.6 Å². The van der Waals surface area contributed by atoms with Crippen molar-refractivity contribution in [2.45, 2.75) is 3.79 Å². The van der Waals surface area contributed by atoms with Gasteiger partial charge in [-0.3, -0.25) is 0 Å². The summed E-state index contributed by atoms with van der Waals surface area (Å²) in [5, 5.41) is 11.9. The number of halogens is 3. The molecule has 160 valence electrons. The van der Waals surface area contributed by atoms with Gasteiger partial charge in [0.1, 0.15) is 5.75 Å². The molecule has 7 heteroatoms. The van der Waals surface area contributed by atoms with Crippen LogP contribution in [0.2, 0.25) is 0 Å². The van der Waals surface area contributed by atoms with E-state index in [1.165, 1.54) is 12.1 Å². The molecular weight excluding hydrogens is 532 g/mol. The number of phenolic OH excluding ortho intramolecular Hbond substituents is 1. The molecule has 0 saturated carbocycles. The van der Waals surface area contributed by atoms with Gasteiger partial charge in [0.25, 0.3) is 8.32 Å². The zero-order chi connectivity index (χ0) is 22.3. The first-order valence-electron chi connectivity index (χ1n) is 9.57. The van der Waals surface area contributed by atoms with Gasteiger partial charge in [-0.1, -0.05) is 138 Å². The van der Waals surface area contributed by atoms with E-state index >= 15 is 0 Å². The monoisotopic (exact) mass is 550 g/mol. The minimum atomic E-state index is -2.88. The third kappa shape index (κ3) is 6.68. The Labute approximate surface area is 217 Å². The molecule has 2 N–H and O–H groups in total. The molecule has 0 aliphatic carbocycles. The number of alkyl halides is 3. The summed E-state index contributed by atoms with van der Waals surface area (Å²) in [6.45, 7) is 0. The second-order valence-corrected chi connectivity index (χ2v) is 12.3. The van der Waals surface area contributed by atoms with Crippen molar-refractivity contribution in [1.29, 1.82) is 0 Å². The molecule has 0 fully saturated rings. The molecule has 0 aliphatic rings. The first kappa shape index (κ1) is 26.6. The molecule has 4 aromatic carbocycles. The predicted octanol–water partition coefficient (Wildman–Crippen LogP) is 4.86. The quantitative estimate of drug-likeness (QED) is 0.216. The summed E-state index contributed by atoms with van der Waals surface area (Å²) in [5.41, 5.74) is 0.542. The topological polar surface area (TPSA) is 40.5 Å². The van der Waals surface area contributed by atoms with Crippen molar-refractivity contribution in [3.63, 3.8) is 0 Å².